The molecular formula is C14H18BrN3S. The molecule has 1 heterocycles. The van der Waals surface area contributed by atoms with Gasteiger partial charge in [0.2, 0.25) is 0 Å². The first-order valence-electron chi connectivity index (χ1n) is 6.81. The normalized spacial score (nSPS) is 15.5. The van der Waals surface area contributed by atoms with Gasteiger partial charge >= 0.3 is 0 Å². The Kier molecular flexibility index (Phi) is 3.78. The third-order valence-corrected chi connectivity index (χ3v) is 4.63. The van der Waals surface area contributed by atoms with Crippen molar-refractivity contribution in [2.45, 2.75) is 32.4 Å². The summed E-state index contributed by atoms with van der Waals surface area (Å²) in [5, 5.41) is 0. The number of halogens is 1. The number of nitrogens with one attached hydrogen (secondary N) is 1. The highest BCUT2D eigenvalue weighted by Crippen LogP contribution is 2.26. The molecule has 3 nitrogen and oxygen atoms in total. The maximum absolute atomic E-state index is 5.44. The molecule has 0 amide bonds. The van der Waals surface area contributed by atoms with Crippen molar-refractivity contribution in [2.24, 2.45) is 0 Å². The molecule has 0 saturated heterocycles. The van der Waals surface area contributed by atoms with Gasteiger partial charge in [0.1, 0.15) is 0 Å². The smallest absolute Gasteiger partial charge is 0.178 e. The Morgan fingerprint density at radius 3 is 2.95 bits per heavy atom. The van der Waals surface area contributed by atoms with Gasteiger partial charge in [0.05, 0.1) is 11.0 Å². The van der Waals surface area contributed by atoms with Crippen molar-refractivity contribution in [1.29, 1.82) is 0 Å². The zero-order valence-corrected chi connectivity index (χ0v) is 13.4. The van der Waals surface area contributed by atoms with E-state index in [1.807, 2.05) is 0 Å². The van der Waals surface area contributed by atoms with Crippen molar-refractivity contribution in [3.05, 3.63) is 27.4 Å². The molecule has 1 N–H and O–H groups in total. The van der Waals surface area contributed by atoms with Crippen LogP contribution in [0.25, 0.3) is 11.0 Å². The van der Waals surface area contributed by atoms with Crippen LogP contribution < -0.4 is 0 Å². The van der Waals surface area contributed by atoms with Crippen LogP contribution in [0.2, 0.25) is 0 Å². The van der Waals surface area contributed by atoms with Crippen molar-refractivity contribution < 1.29 is 0 Å². The summed E-state index contributed by atoms with van der Waals surface area (Å²) in [7, 11) is 0. The highest BCUT2D eigenvalue weighted by atomic mass is 79.9. The van der Waals surface area contributed by atoms with Crippen LogP contribution in [0, 0.1) is 4.77 Å². The minimum atomic E-state index is 0.818. The van der Waals surface area contributed by atoms with E-state index in [0.717, 1.165) is 40.4 Å². The van der Waals surface area contributed by atoms with Gasteiger partial charge in [-0.2, -0.15) is 0 Å². The predicted molar refractivity (Wildman–Crippen MR) is 85.1 cm³/mol. The molecule has 1 aromatic carbocycles. The lowest BCUT2D eigenvalue weighted by atomic mass is 10.3. The molecule has 0 aliphatic heterocycles. The van der Waals surface area contributed by atoms with Gasteiger partial charge in [0, 0.05) is 23.6 Å². The summed E-state index contributed by atoms with van der Waals surface area (Å²) >= 11 is 8.93. The Labute approximate surface area is 126 Å². The Morgan fingerprint density at radius 2 is 2.26 bits per heavy atom. The molecule has 0 atom stereocenters. The van der Waals surface area contributed by atoms with Gasteiger partial charge in [-0.15, -0.1) is 0 Å². The summed E-state index contributed by atoms with van der Waals surface area (Å²) in [4.78, 5) is 5.84. The van der Waals surface area contributed by atoms with Crippen LogP contribution in [-0.2, 0) is 6.54 Å². The molecule has 0 unspecified atom stereocenters. The fourth-order valence-electron chi connectivity index (χ4n) is 2.62. The molecule has 0 radical (unpaired) electrons. The van der Waals surface area contributed by atoms with Crippen molar-refractivity contribution in [1.82, 2.24) is 14.5 Å². The summed E-state index contributed by atoms with van der Waals surface area (Å²) in [6.45, 7) is 5.42. The Balaban J connectivity index is 1.83. The van der Waals surface area contributed by atoms with Crippen molar-refractivity contribution in [3.8, 4) is 0 Å². The minimum absolute atomic E-state index is 0.818. The number of hydrogen-bond acceptors (Lipinski definition) is 2. The first-order valence-corrected chi connectivity index (χ1v) is 8.01. The summed E-state index contributed by atoms with van der Waals surface area (Å²) in [6.07, 6.45) is 2.72. The summed E-state index contributed by atoms with van der Waals surface area (Å²) < 4.78 is 4.11. The molecule has 2 aromatic rings. The van der Waals surface area contributed by atoms with Crippen molar-refractivity contribution >= 4 is 39.2 Å². The van der Waals surface area contributed by atoms with E-state index >= 15 is 0 Å². The number of aromatic nitrogens is 2. The lowest BCUT2D eigenvalue weighted by molar-refractivity contribution is 0.267. The van der Waals surface area contributed by atoms with Crippen LogP contribution in [0.1, 0.15) is 19.8 Å². The standard InChI is InChI=1S/C14H18BrN3S/c1-2-17(11-4-5-11)7-8-18-13-6-3-10(15)9-12(13)16-14(18)19/h3,6,9,11H,2,4-5,7-8H2,1H3,(H,16,19). The SMILES string of the molecule is CCN(CCn1c(=S)[nH]c2cc(Br)ccc21)C1CC1. The number of likely N-dealkylation sites (N-methyl/N-ethyl adjacent to an activating group) is 1. The maximum Gasteiger partial charge on any atom is 0.178 e. The first kappa shape index (κ1) is 13.3. The van der Waals surface area contributed by atoms with E-state index in [1.54, 1.807) is 0 Å². The van der Waals surface area contributed by atoms with Gasteiger partial charge in [-0.25, -0.2) is 0 Å². The highest BCUT2D eigenvalue weighted by molar-refractivity contribution is 9.10. The molecule has 3 rings (SSSR count). The molecule has 0 bridgehead atoms. The van der Waals surface area contributed by atoms with E-state index in [2.05, 4.69) is 55.5 Å². The number of rotatable bonds is 5. The number of imidazole rings is 1. The van der Waals surface area contributed by atoms with Crippen molar-refractivity contribution in [3.63, 3.8) is 0 Å². The molecule has 1 aromatic heterocycles. The maximum atomic E-state index is 5.44. The topological polar surface area (TPSA) is 24.0 Å². The summed E-state index contributed by atoms with van der Waals surface area (Å²) in [5.74, 6) is 0. The zero-order valence-electron chi connectivity index (χ0n) is 11.0. The van der Waals surface area contributed by atoms with Gasteiger partial charge in [0.15, 0.2) is 4.77 Å². The van der Waals surface area contributed by atoms with Crippen LogP contribution in [0.4, 0.5) is 0 Å². The number of H-pyrrole nitrogens is 1. The van der Waals surface area contributed by atoms with Gasteiger partial charge in [-0.1, -0.05) is 22.9 Å². The molecule has 19 heavy (non-hydrogen) atoms. The lowest BCUT2D eigenvalue weighted by Crippen LogP contribution is -2.29. The molecule has 102 valence electrons. The Hall–Kier alpha value is -0.650. The van der Waals surface area contributed by atoms with Gasteiger partial charge in [-0.05, 0) is 49.8 Å². The minimum Gasteiger partial charge on any atom is -0.331 e. The van der Waals surface area contributed by atoms with Crippen LogP contribution in [0.15, 0.2) is 22.7 Å². The number of benzene rings is 1. The van der Waals surface area contributed by atoms with Gasteiger partial charge < -0.3 is 9.55 Å². The molecule has 1 aliphatic rings. The number of aromatic amines is 1. The number of nitrogens with zero attached hydrogens (tertiary/aromatic N) is 2. The van der Waals surface area contributed by atoms with E-state index < -0.39 is 0 Å². The van der Waals surface area contributed by atoms with Crippen molar-refractivity contribution in [2.75, 3.05) is 13.1 Å². The summed E-state index contributed by atoms with van der Waals surface area (Å²) in [6, 6.07) is 7.10. The Bertz CT molecular complexity index is 642. The zero-order chi connectivity index (χ0) is 13.4. The predicted octanol–water partition coefficient (Wildman–Crippen LogP) is 3.95. The average Bonchev–Trinajstić information content (AvgIpc) is 3.16. The van der Waals surface area contributed by atoms with E-state index in [0.29, 0.717) is 0 Å². The molecule has 5 heteroatoms. The Morgan fingerprint density at radius 1 is 1.47 bits per heavy atom. The van der Waals surface area contributed by atoms with E-state index in [-0.39, 0.29) is 0 Å². The fraction of sp³-hybridized carbons (Fsp3) is 0.500. The number of hydrogen-bond donors (Lipinski definition) is 1. The number of fused-ring (bicyclic) bond motifs is 1. The summed E-state index contributed by atoms with van der Waals surface area (Å²) in [5.41, 5.74) is 2.30. The first-order chi connectivity index (χ1) is 9.19. The quantitative estimate of drug-likeness (QED) is 0.834. The second-order valence-corrected chi connectivity index (χ2v) is 6.41. The molecule has 0 spiro atoms. The molecular weight excluding hydrogens is 322 g/mol. The van der Waals surface area contributed by atoms with Gasteiger partial charge in [0.25, 0.3) is 0 Å². The second-order valence-electron chi connectivity index (χ2n) is 5.10. The van der Waals surface area contributed by atoms with E-state index in [9.17, 15) is 0 Å². The van der Waals surface area contributed by atoms with Crippen LogP contribution in [-0.4, -0.2) is 33.6 Å². The van der Waals surface area contributed by atoms with Crippen LogP contribution in [0.3, 0.4) is 0 Å². The van der Waals surface area contributed by atoms with E-state index in [1.165, 1.54) is 18.4 Å². The second kappa shape index (κ2) is 5.38. The van der Waals surface area contributed by atoms with E-state index in [4.69, 9.17) is 12.2 Å². The van der Waals surface area contributed by atoms with Gasteiger partial charge in [-0.3, -0.25) is 4.90 Å². The largest absolute Gasteiger partial charge is 0.331 e. The third kappa shape index (κ3) is 2.78. The third-order valence-electron chi connectivity index (χ3n) is 3.82. The molecule has 1 aliphatic carbocycles. The lowest BCUT2D eigenvalue weighted by Gasteiger charge is -2.20. The fourth-order valence-corrected chi connectivity index (χ4v) is 3.29. The molecule has 1 fully saturated rings. The van der Waals surface area contributed by atoms with Crippen LogP contribution >= 0.6 is 28.1 Å². The molecule has 1 saturated carbocycles. The van der Waals surface area contributed by atoms with Crippen LogP contribution in [0.5, 0.6) is 0 Å². The monoisotopic (exact) mass is 339 g/mol. The highest BCUT2D eigenvalue weighted by Gasteiger charge is 2.27. The average molecular weight is 340 g/mol.